The molecule has 1 aliphatic rings. The number of aromatic hydroxyl groups is 1. The summed E-state index contributed by atoms with van der Waals surface area (Å²) in [6, 6.07) is 4.01. The molecule has 0 bridgehead atoms. The average Bonchev–Trinajstić information content (AvgIpc) is 2.80. The van der Waals surface area contributed by atoms with Gasteiger partial charge in [0.1, 0.15) is 23.4 Å². The van der Waals surface area contributed by atoms with Gasteiger partial charge in [0.25, 0.3) is 0 Å². The van der Waals surface area contributed by atoms with Crippen LogP contribution in [0.5, 0.6) is 5.75 Å². The predicted molar refractivity (Wildman–Crippen MR) is 142 cm³/mol. The maximum Gasteiger partial charge on any atom is 0.408 e. The molecule has 3 unspecified atom stereocenters. The highest BCUT2D eigenvalue weighted by atomic mass is 16.6. The summed E-state index contributed by atoms with van der Waals surface area (Å²) in [5, 5.41) is 16.2. The van der Waals surface area contributed by atoms with Crippen LogP contribution in [-0.4, -0.2) is 64.7 Å². The molecule has 1 aliphatic carbocycles. The number of ether oxygens (including phenoxy) is 2. The third kappa shape index (κ3) is 8.63. The van der Waals surface area contributed by atoms with E-state index in [1.807, 2.05) is 13.8 Å². The van der Waals surface area contributed by atoms with E-state index in [4.69, 9.17) is 9.47 Å². The van der Waals surface area contributed by atoms with Gasteiger partial charge in [-0.1, -0.05) is 38.5 Å². The second-order valence-electron chi connectivity index (χ2n) is 10.6. The number of amides is 3. The molecule has 0 aromatic heterocycles. The smallest absolute Gasteiger partial charge is 0.408 e. The number of hydrogen-bond donors (Lipinski definition) is 3. The fourth-order valence-corrected chi connectivity index (χ4v) is 4.21. The number of para-hydroxylation sites is 1. The minimum Gasteiger partial charge on any atom is -0.508 e. The summed E-state index contributed by atoms with van der Waals surface area (Å²) in [5.74, 6) is -1.79. The first kappa shape index (κ1) is 30.9. The highest BCUT2D eigenvalue weighted by Crippen LogP contribution is 2.37. The van der Waals surface area contributed by atoms with Crippen LogP contribution in [0, 0.1) is 5.92 Å². The molecule has 0 radical (unpaired) electrons. The number of carbonyl (C=O) groups is 4. The molecule has 10 nitrogen and oxygen atoms in total. The molecule has 0 aliphatic heterocycles. The van der Waals surface area contributed by atoms with Crippen molar-refractivity contribution in [3.8, 4) is 5.75 Å². The van der Waals surface area contributed by atoms with Crippen molar-refractivity contribution in [1.29, 1.82) is 0 Å². The van der Waals surface area contributed by atoms with Crippen molar-refractivity contribution in [2.75, 3.05) is 13.2 Å². The van der Waals surface area contributed by atoms with E-state index in [1.165, 1.54) is 11.0 Å². The monoisotopic (exact) mass is 533 g/mol. The highest BCUT2D eigenvalue weighted by molar-refractivity contribution is 5.93. The van der Waals surface area contributed by atoms with Gasteiger partial charge in [-0.15, -0.1) is 0 Å². The molecule has 1 saturated carbocycles. The molecule has 1 fully saturated rings. The van der Waals surface area contributed by atoms with Gasteiger partial charge in [-0.2, -0.15) is 0 Å². The fourth-order valence-electron chi connectivity index (χ4n) is 4.21. The van der Waals surface area contributed by atoms with Crippen molar-refractivity contribution in [3.05, 3.63) is 29.8 Å². The van der Waals surface area contributed by atoms with E-state index < -0.39 is 41.6 Å². The van der Waals surface area contributed by atoms with Crippen LogP contribution in [0.2, 0.25) is 0 Å². The van der Waals surface area contributed by atoms with Gasteiger partial charge in [0.15, 0.2) is 0 Å². The minimum atomic E-state index is -1.16. The van der Waals surface area contributed by atoms with Crippen LogP contribution in [0.3, 0.4) is 0 Å². The molecule has 1 aromatic rings. The Morgan fingerprint density at radius 2 is 1.79 bits per heavy atom. The third-order valence-electron chi connectivity index (χ3n) is 6.57. The van der Waals surface area contributed by atoms with E-state index in [9.17, 15) is 24.3 Å². The summed E-state index contributed by atoms with van der Waals surface area (Å²) >= 11 is 0. The van der Waals surface area contributed by atoms with Crippen molar-refractivity contribution in [1.82, 2.24) is 15.5 Å². The van der Waals surface area contributed by atoms with E-state index >= 15 is 0 Å². The number of benzene rings is 1. The van der Waals surface area contributed by atoms with Gasteiger partial charge in [-0.05, 0) is 58.9 Å². The Bertz CT molecular complexity index is 971. The molecule has 1 aromatic carbocycles. The van der Waals surface area contributed by atoms with E-state index in [-0.39, 0.29) is 42.8 Å². The average molecular weight is 534 g/mol. The summed E-state index contributed by atoms with van der Waals surface area (Å²) < 4.78 is 10.3. The molecule has 3 amide bonds. The summed E-state index contributed by atoms with van der Waals surface area (Å²) in [6.45, 7) is 10.9. The summed E-state index contributed by atoms with van der Waals surface area (Å²) in [5.41, 5.74) is -0.487. The molecule has 3 atom stereocenters. The normalized spacial score (nSPS) is 15.8. The van der Waals surface area contributed by atoms with Crippen LogP contribution < -0.4 is 10.6 Å². The van der Waals surface area contributed by atoms with Crippen molar-refractivity contribution < 1.29 is 33.8 Å². The SMILES string of the molecule is CCOC(=O)CCNC(=O)C(c1ccccc1O)N(C(=O)C(NC(=O)OC(C)(C)C)C(C)CC)C1CCC1. The number of phenols is 1. The van der Waals surface area contributed by atoms with Gasteiger partial charge in [-0.25, -0.2) is 4.79 Å². The molecule has 2 rings (SSSR count). The second kappa shape index (κ2) is 14.0. The number of hydrogen-bond acceptors (Lipinski definition) is 7. The first-order chi connectivity index (χ1) is 17.9. The number of alkyl carbamates (subject to hydrolysis) is 1. The Kier molecular flexibility index (Phi) is 11.4. The predicted octanol–water partition coefficient (Wildman–Crippen LogP) is 3.82. The standard InChI is InChI=1S/C28H43N3O7/c1-7-18(3)23(30-27(36)38-28(4,5)6)26(35)31(19-12-11-13-19)24(20-14-9-10-15-21(20)32)25(34)29-17-16-22(33)37-8-2/h9-10,14-15,18-19,23-24,32H,7-8,11-13,16-17H2,1-6H3,(H,29,34)(H,30,36). The Morgan fingerprint density at radius 3 is 2.32 bits per heavy atom. The number of nitrogens with zero attached hydrogens (tertiary/aromatic N) is 1. The topological polar surface area (TPSA) is 134 Å². The van der Waals surface area contributed by atoms with Crippen molar-refractivity contribution in [3.63, 3.8) is 0 Å². The molecule has 0 spiro atoms. The molecule has 10 heteroatoms. The lowest BCUT2D eigenvalue weighted by Crippen LogP contribution is -2.59. The first-order valence-electron chi connectivity index (χ1n) is 13.4. The maximum absolute atomic E-state index is 14.2. The van der Waals surface area contributed by atoms with Gasteiger partial charge >= 0.3 is 12.1 Å². The summed E-state index contributed by atoms with van der Waals surface area (Å²) in [6.07, 6.45) is 2.11. The Hall–Kier alpha value is -3.30. The largest absolute Gasteiger partial charge is 0.508 e. The molecular weight excluding hydrogens is 490 g/mol. The minimum absolute atomic E-state index is 0.0133. The lowest BCUT2D eigenvalue weighted by molar-refractivity contribution is -0.149. The van der Waals surface area contributed by atoms with Gasteiger partial charge in [0.2, 0.25) is 11.8 Å². The zero-order chi connectivity index (χ0) is 28.5. The fraction of sp³-hybridized carbons (Fsp3) is 0.643. The third-order valence-corrected chi connectivity index (χ3v) is 6.57. The van der Waals surface area contributed by atoms with Crippen LogP contribution >= 0.6 is 0 Å². The van der Waals surface area contributed by atoms with Crippen molar-refractivity contribution >= 4 is 23.9 Å². The van der Waals surface area contributed by atoms with E-state index in [0.717, 1.165) is 6.42 Å². The van der Waals surface area contributed by atoms with Crippen molar-refractivity contribution in [2.45, 2.75) is 97.4 Å². The van der Waals surface area contributed by atoms with Crippen LogP contribution in [0.4, 0.5) is 4.79 Å². The van der Waals surface area contributed by atoms with Gasteiger partial charge in [0, 0.05) is 18.2 Å². The number of phenolic OH excluding ortho intramolecular Hbond substituents is 1. The zero-order valence-corrected chi connectivity index (χ0v) is 23.4. The van der Waals surface area contributed by atoms with E-state index in [0.29, 0.717) is 19.3 Å². The van der Waals surface area contributed by atoms with Crippen LogP contribution in [0.25, 0.3) is 0 Å². The lowest BCUT2D eigenvalue weighted by atomic mass is 9.86. The summed E-state index contributed by atoms with van der Waals surface area (Å²) in [4.78, 5) is 53.8. The maximum atomic E-state index is 14.2. The van der Waals surface area contributed by atoms with Gasteiger partial charge in [-0.3, -0.25) is 14.4 Å². The van der Waals surface area contributed by atoms with Gasteiger partial charge in [0.05, 0.1) is 13.0 Å². The second-order valence-corrected chi connectivity index (χ2v) is 10.6. The lowest BCUT2D eigenvalue weighted by Gasteiger charge is -2.44. The molecule has 0 saturated heterocycles. The Morgan fingerprint density at radius 1 is 1.13 bits per heavy atom. The van der Waals surface area contributed by atoms with E-state index in [2.05, 4.69) is 10.6 Å². The Balaban J connectivity index is 2.44. The highest BCUT2D eigenvalue weighted by Gasteiger charge is 2.43. The first-order valence-corrected chi connectivity index (χ1v) is 13.4. The molecule has 38 heavy (non-hydrogen) atoms. The number of rotatable bonds is 12. The quantitative estimate of drug-likeness (QED) is 0.348. The zero-order valence-electron chi connectivity index (χ0n) is 23.4. The Labute approximate surface area is 225 Å². The summed E-state index contributed by atoms with van der Waals surface area (Å²) in [7, 11) is 0. The molecule has 212 valence electrons. The van der Waals surface area contributed by atoms with Gasteiger partial charge < -0.3 is 30.1 Å². The van der Waals surface area contributed by atoms with Crippen molar-refractivity contribution in [2.24, 2.45) is 5.92 Å². The van der Waals surface area contributed by atoms with E-state index in [1.54, 1.807) is 45.9 Å². The molecular formula is C28H43N3O7. The van der Waals surface area contributed by atoms with Crippen LogP contribution in [0.1, 0.15) is 85.3 Å². The number of esters is 1. The number of carbonyl (C=O) groups excluding carboxylic acids is 4. The van der Waals surface area contributed by atoms with Crippen LogP contribution in [-0.2, 0) is 23.9 Å². The van der Waals surface area contributed by atoms with Crippen LogP contribution in [0.15, 0.2) is 24.3 Å². The number of nitrogens with one attached hydrogen (secondary N) is 2. The molecule has 3 N–H and O–H groups in total. The molecule has 0 heterocycles.